The van der Waals surface area contributed by atoms with E-state index in [0.29, 0.717) is 5.92 Å². The van der Waals surface area contributed by atoms with Gasteiger partial charge in [-0.15, -0.1) is 0 Å². The Morgan fingerprint density at radius 1 is 0.895 bits per heavy atom. The Morgan fingerprint density at radius 2 is 1.58 bits per heavy atom. The molecule has 0 aliphatic heterocycles. The molecule has 1 nitrogen and oxygen atoms in total. The van der Waals surface area contributed by atoms with Crippen LogP contribution in [0.5, 0.6) is 0 Å². The molecule has 0 bridgehead atoms. The molecule has 1 heteroatoms. The number of aliphatic hydroxyl groups excluding tert-OH is 1. The zero-order valence-electron chi connectivity index (χ0n) is 11.1. The maximum atomic E-state index is 10.7. The summed E-state index contributed by atoms with van der Waals surface area (Å²) in [5.74, 6) is 2.13. The molecular formula is C18H20O. The van der Waals surface area contributed by atoms with E-state index in [1.54, 1.807) is 0 Å². The molecule has 1 N–H and O–H groups in total. The van der Waals surface area contributed by atoms with Crippen LogP contribution < -0.4 is 0 Å². The SMILES string of the molecule is OC(c1ccc2ccccc2c1)C1C2CCCCC21. The summed E-state index contributed by atoms with van der Waals surface area (Å²) in [5, 5.41) is 13.1. The summed E-state index contributed by atoms with van der Waals surface area (Å²) in [4.78, 5) is 0. The second-order valence-electron chi connectivity index (χ2n) is 6.24. The van der Waals surface area contributed by atoms with Crippen LogP contribution in [0.2, 0.25) is 0 Å². The van der Waals surface area contributed by atoms with Crippen molar-refractivity contribution < 1.29 is 5.11 Å². The molecule has 0 aromatic heterocycles. The number of hydrogen-bond donors (Lipinski definition) is 1. The van der Waals surface area contributed by atoms with Crippen LogP contribution in [0.3, 0.4) is 0 Å². The van der Waals surface area contributed by atoms with E-state index >= 15 is 0 Å². The third-order valence-electron chi connectivity index (χ3n) is 5.20. The zero-order valence-corrected chi connectivity index (χ0v) is 11.1. The number of benzene rings is 2. The molecule has 2 aromatic rings. The molecule has 0 saturated heterocycles. The van der Waals surface area contributed by atoms with Gasteiger partial charge in [-0.1, -0.05) is 49.2 Å². The van der Waals surface area contributed by atoms with Gasteiger partial charge in [0.05, 0.1) is 6.10 Å². The summed E-state index contributed by atoms with van der Waals surface area (Å²) in [6.45, 7) is 0. The maximum absolute atomic E-state index is 10.7. The lowest BCUT2D eigenvalue weighted by Crippen LogP contribution is -2.02. The summed E-state index contributed by atoms with van der Waals surface area (Å²) in [5.41, 5.74) is 1.11. The van der Waals surface area contributed by atoms with Crippen LogP contribution >= 0.6 is 0 Å². The standard InChI is InChI=1S/C18H20O/c19-18(17-15-7-3-4-8-16(15)17)14-10-9-12-5-1-2-6-13(12)11-14/h1-2,5-6,9-11,15-19H,3-4,7-8H2. The number of fused-ring (bicyclic) bond motifs is 2. The van der Waals surface area contributed by atoms with E-state index in [1.165, 1.54) is 36.5 Å². The van der Waals surface area contributed by atoms with Crippen LogP contribution in [0, 0.1) is 17.8 Å². The molecule has 0 spiro atoms. The minimum atomic E-state index is -0.252. The van der Waals surface area contributed by atoms with Crippen molar-refractivity contribution in [3.8, 4) is 0 Å². The molecule has 2 aromatic carbocycles. The quantitative estimate of drug-likeness (QED) is 0.844. The summed E-state index contributed by atoms with van der Waals surface area (Å²) in [6, 6.07) is 14.8. The van der Waals surface area contributed by atoms with E-state index in [1.807, 2.05) is 0 Å². The van der Waals surface area contributed by atoms with E-state index in [0.717, 1.165) is 17.4 Å². The van der Waals surface area contributed by atoms with Crippen LogP contribution in [0.15, 0.2) is 42.5 Å². The van der Waals surface area contributed by atoms with Crippen molar-refractivity contribution in [2.45, 2.75) is 31.8 Å². The smallest absolute Gasteiger partial charge is 0.0823 e. The van der Waals surface area contributed by atoms with Gasteiger partial charge in [0.15, 0.2) is 0 Å². The first-order valence-corrected chi connectivity index (χ1v) is 7.51. The number of aliphatic hydroxyl groups is 1. The number of rotatable bonds is 2. The molecule has 2 fully saturated rings. The Morgan fingerprint density at radius 3 is 2.32 bits per heavy atom. The summed E-state index contributed by atoms with van der Waals surface area (Å²) < 4.78 is 0. The second-order valence-corrected chi connectivity index (χ2v) is 6.24. The van der Waals surface area contributed by atoms with Gasteiger partial charge < -0.3 is 5.11 Å². The second kappa shape index (κ2) is 4.35. The molecule has 2 aliphatic rings. The van der Waals surface area contributed by atoms with Crippen LogP contribution in [-0.4, -0.2) is 5.11 Å². The topological polar surface area (TPSA) is 20.2 Å². The molecule has 2 saturated carbocycles. The van der Waals surface area contributed by atoms with Crippen molar-refractivity contribution in [2.75, 3.05) is 0 Å². The van der Waals surface area contributed by atoms with E-state index in [2.05, 4.69) is 42.5 Å². The predicted octanol–water partition coefficient (Wildman–Crippen LogP) is 4.31. The van der Waals surface area contributed by atoms with E-state index < -0.39 is 0 Å². The lowest BCUT2D eigenvalue weighted by Gasteiger charge is -2.12. The average Bonchev–Trinajstić information content (AvgIpc) is 3.20. The van der Waals surface area contributed by atoms with Crippen LogP contribution in [-0.2, 0) is 0 Å². The highest BCUT2D eigenvalue weighted by atomic mass is 16.3. The predicted molar refractivity (Wildman–Crippen MR) is 77.8 cm³/mol. The minimum Gasteiger partial charge on any atom is -0.388 e. The molecule has 2 aliphatic carbocycles. The molecule has 0 heterocycles. The highest BCUT2D eigenvalue weighted by Gasteiger charge is 2.54. The monoisotopic (exact) mass is 252 g/mol. The van der Waals surface area contributed by atoms with Gasteiger partial charge in [-0.05, 0) is 53.0 Å². The minimum absolute atomic E-state index is 0.252. The molecule has 3 atom stereocenters. The van der Waals surface area contributed by atoms with Gasteiger partial charge in [-0.2, -0.15) is 0 Å². The van der Waals surface area contributed by atoms with Crippen LogP contribution in [0.1, 0.15) is 37.4 Å². The van der Waals surface area contributed by atoms with Crippen molar-refractivity contribution >= 4 is 10.8 Å². The van der Waals surface area contributed by atoms with Gasteiger partial charge in [0.25, 0.3) is 0 Å². The van der Waals surface area contributed by atoms with Crippen molar-refractivity contribution in [3.05, 3.63) is 48.0 Å². The van der Waals surface area contributed by atoms with Crippen LogP contribution in [0.4, 0.5) is 0 Å². The van der Waals surface area contributed by atoms with Gasteiger partial charge in [-0.25, -0.2) is 0 Å². The van der Waals surface area contributed by atoms with Gasteiger partial charge in [0, 0.05) is 0 Å². The molecule has 0 amide bonds. The third kappa shape index (κ3) is 1.88. The van der Waals surface area contributed by atoms with E-state index in [4.69, 9.17) is 0 Å². The fourth-order valence-electron chi connectivity index (χ4n) is 4.13. The van der Waals surface area contributed by atoms with Gasteiger partial charge >= 0.3 is 0 Å². The first-order chi connectivity index (χ1) is 9.34. The average molecular weight is 252 g/mol. The molecule has 98 valence electrons. The Balaban J connectivity index is 1.63. The lowest BCUT2D eigenvalue weighted by molar-refractivity contribution is 0.142. The van der Waals surface area contributed by atoms with Crippen LogP contribution in [0.25, 0.3) is 10.8 Å². The molecule has 4 rings (SSSR count). The fraction of sp³-hybridized carbons (Fsp3) is 0.444. The summed E-state index contributed by atoms with van der Waals surface area (Å²) in [6.07, 6.45) is 5.14. The normalized spacial score (nSPS) is 30.9. The van der Waals surface area contributed by atoms with E-state index in [-0.39, 0.29) is 6.10 Å². The molecule has 19 heavy (non-hydrogen) atoms. The van der Waals surface area contributed by atoms with E-state index in [9.17, 15) is 5.11 Å². The highest BCUT2D eigenvalue weighted by Crippen LogP contribution is 2.60. The summed E-state index contributed by atoms with van der Waals surface area (Å²) >= 11 is 0. The van der Waals surface area contributed by atoms with Crippen molar-refractivity contribution in [3.63, 3.8) is 0 Å². The largest absolute Gasteiger partial charge is 0.388 e. The molecule has 0 radical (unpaired) electrons. The van der Waals surface area contributed by atoms with Crippen molar-refractivity contribution in [1.29, 1.82) is 0 Å². The lowest BCUT2D eigenvalue weighted by atomic mass is 9.99. The summed E-state index contributed by atoms with van der Waals surface area (Å²) in [7, 11) is 0. The zero-order chi connectivity index (χ0) is 12.8. The van der Waals surface area contributed by atoms with Gasteiger partial charge in [-0.3, -0.25) is 0 Å². The van der Waals surface area contributed by atoms with Crippen molar-refractivity contribution in [1.82, 2.24) is 0 Å². The number of hydrogen-bond acceptors (Lipinski definition) is 1. The Bertz CT molecular complexity index is 591. The Hall–Kier alpha value is -1.34. The highest BCUT2D eigenvalue weighted by molar-refractivity contribution is 5.83. The maximum Gasteiger partial charge on any atom is 0.0823 e. The fourth-order valence-corrected chi connectivity index (χ4v) is 4.13. The first kappa shape index (κ1) is 11.5. The Kier molecular flexibility index (Phi) is 2.63. The Labute approximate surface area is 114 Å². The first-order valence-electron chi connectivity index (χ1n) is 7.51. The van der Waals surface area contributed by atoms with Crippen molar-refractivity contribution in [2.24, 2.45) is 17.8 Å². The van der Waals surface area contributed by atoms with Gasteiger partial charge in [0.1, 0.15) is 0 Å². The third-order valence-corrected chi connectivity index (χ3v) is 5.20. The van der Waals surface area contributed by atoms with Gasteiger partial charge in [0.2, 0.25) is 0 Å². The molecule has 3 unspecified atom stereocenters. The molecular weight excluding hydrogens is 232 g/mol.